The van der Waals surface area contributed by atoms with E-state index in [4.69, 9.17) is 18.9 Å². The monoisotopic (exact) mass is 554 g/mol. The third-order valence-corrected chi connectivity index (χ3v) is 6.14. The van der Waals surface area contributed by atoms with Crippen molar-refractivity contribution in [2.45, 2.75) is 32.4 Å². The zero-order valence-electron chi connectivity index (χ0n) is 22.2. The molecule has 1 atom stereocenters. The Balaban J connectivity index is 1.37. The first kappa shape index (κ1) is 30.7. The Morgan fingerprint density at radius 2 is 1.51 bits per heavy atom. The molecule has 0 radical (unpaired) electrons. The van der Waals surface area contributed by atoms with Gasteiger partial charge in [0.1, 0.15) is 5.75 Å². The van der Waals surface area contributed by atoms with Crippen LogP contribution in [0.4, 0.5) is 18.9 Å². The highest BCUT2D eigenvalue weighted by atomic mass is 19.4. The average molecular weight is 555 g/mol. The van der Waals surface area contributed by atoms with Gasteiger partial charge in [-0.3, -0.25) is 9.69 Å². The molecule has 216 valence electrons. The number of hydrogen-bond donors (Lipinski definition) is 0. The van der Waals surface area contributed by atoms with Gasteiger partial charge in [-0.25, -0.2) is 0 Å². The average Bonchev–Trinajstić information content (AvgIpc) is 2.92. The predicted molar refractivity (Wildman–Crippen MR) is 140 cm³/mol. The van der Waals surface area contributed by atoms with Crippen molar-refractivity contribution in [3.05, 3.63) is 60.2 Å². The fraction of sp³-hybridized carbons (Fsp3) is 0.536. The van der Waals surface area contributed by atoms with Crippen LogP contribution in [0.2, 0.25) is 0 Å². The minimum atomic E-state index is -4.72. The lowest BCUT2D eigenvalue weighted by molar-refractivity contribution is -0.274. The summed E-state index contributed by atoms with van der Waals surface area (Å²) in [5.41, 5.74) is 1.93. The Bertz CT molecular complexity index is 954. The standard InChI is InChI=1S/C28H37F3N2O6/c1-2-38-27(34)20-25(22-37-19-17-35-16-18-36-21-23-6-4-3-5-7-23)33-14-12-32(13-15-33)24-8-10-26(11-9-24)39-28(29,30)31/h3-11,25H,2,12-22H2,1H3. The van der Waals surface area contributed by atoms with Crippen LogP contribution >= 0.6 is 0 Å². The molecule has 1 aliphatic rings. The number of halogens is 3. The minimum Gasteiger partial charge on any atom is -0.466 e. The van der Waals surface area contributed by atoms with Crippen molar-refractivity contribution in [3.8, 4) is 5.75 Å². The molecule has 0 amide bonds. The van der Waals surface area contributed by atoms with Crippen LogP contribution in [0.15, 0.2) is 54.6 Å². The highest BCUT2D eigenvalue weighted by Crippen LogP contribution is 2.26. The first-order valence-electron chi connectivity index (χ1n) is 13.1. The molecule has 1 unspecified atom stereocenters. The highest BCUT2D eigenvalue weighted by Gasteiger charge is 2.31. The van der Waals surface area contributed by atoms with Gasteiger partial charge in [-0.05, 0) is 36.8 Å². The number of nitrogens with zero attached hydrogens (tertiary/aromatic N) is 2. The fourth-order valence-electron chi connectivity index (χ4n) is 4.23. The van der Waals surface area contributed by atoms with Crippen LogP contribution in [0.5, 0.6) is 5.75 Å². The van der Waals surface area contributed by atoms with Gasteiger partial charge in [-0.2, -0.15) is 0 Å². The summed E-state index contributed by atoms with van der Waals surface area (Å²) in [7, 11) is 0. The largest absolute Gasteiger partial charge is 0.573 e. The number of hydrogen-bond acceptors (Lipinski definition) is 8. The summed E-state index contributed by atoms with van der Waals surface area (Å²) in [5.74, 6) is -0.527. The minimum absolute atomic E-state index is 0.150. The van der Waals surface area contributed by atoms with Crippen molar-refractivity contribution in [2.75, 3.05) is 70.7 Å². The maximum absolute atomic E-state index is 12.4. The van der Waals surface area contributed by atoms with Crippen molar-refractivity contribution in [2.24, 2.45) is 0 Å². The Morgan fingerprint density at radius 3 is 2.15 bits per heavy atom. The molecule has 8 nitrogen and oxygen atoms in total. The number of esters is 1. The van der Waals surface area contributed by atoms with E-state index in [0.717, 1.165) is 11.3 Å². The maximum Gasteiger partial charge on any atom is 0.573 e. The first-order chi connectivity index (χ1) is 18.8. The molecule has 0 spiro atoms. The SMILES string of the molecule is CCOC(=O)CC(COCCOCCOCc1ccccc1)N1CCN(c2ccc(OC(F)(F)F)cc2)CC1. The van der Waals surface area contributed by atoms with Gasteiger partial charge in [-0.1, -0.05) is 30.3 Å². The summed E-state index contributed by atoms with van der Waals surface area (Å²) in [5, 5.41) is 0. The van der Waals surface area contributed by atoms with Gasteiger partial charge in [0.05, 0.1) is 52.7 Å². The lowest BCUT2D eigenvalue weighted by atomic mass is 10.1. The molecule has 1 aliphatic heterocycles. The predicted octanol–water partition coefficient (Wildman–Crippen LogP) is 4.28. The number of benzene rings is 2. The second-order valence-electron chi connectivity index (χ2n) is 8.95. The van der Waals surface area contributed by atoms with E-state index in [2.05, 4.69) is 14.5 Å². The summed E-state index contributed by atoms with van der Waals surface area (Å²) in [6.07, 6.45) is -4.50. The van der Waals surface area contributed by atoms with Gasteiger partial charge in [0.25, 0.3) is 0 Å². The second kappa shape index (κ2) is 16.3. The quantitative estimate of drug-likeness (QED) is 0.225. The molecule has 0 bridgehead atoms. The van der Waals surface area contributed by atoms with Crippen molar-refractivity contribution in [1.29, 1.82) is 0 Å². The zero-order chi connectivity index (χ0) is 27.9. The molecule has 0 saturated carbocycles. The highest BCUT2D eigenvalue weighted by molar-refractivity contribution is 5.70. The first-order valence-corrected chi connectivity index (χ1v) is 13.1. The van der Waals surface area contributed by atoms with Gasteiger partial charge in [0.2, 0.25) is 0 Å². The van der Waals surface area contributed by atoms with Crippen molar-refractivity contribution >= 4 is 11.7 Å². The molecule has 1 fully saturated rings. The van der Waals surface area contributed by atoms with Gasteiger partial charge >= 0.3 is 12.3 Å². The van der Waals surface area contributed by atoms with E-state index in [1.807, 2.05) is 30.3 Å². The molecule has 0 aromatic heterocycles. The van der Waals surface area contributed by atoms with Crippen LogP contribution in [0.1, 0.15) is 18.9 Å². The summed E-state index contributed by atoms with van der Waals surface area (Å²) < 4.78 is 63.3. The molecule has 3 rings (SSSR count). The molecular formula is C28H37F3N2O6. The van der Waals surface area contributed by atoms with E-state index < -0.39 is 6.36 Å². The zero-order valence-corrected chi connectivity index (χ0v) is 22.2. The Morgan fingerprint density at radius 1 is 0.872 bits per heavy atom. The maximum atomic E-state index is 12.4. The van der Waals surface area contributed by atoms with Crippen LogP contribution in [0.25, 0.3) is 0 Å². The van der Waals surface area contributed by atoms with Crippen LogP contribution in [-0.2, 0) is 30.3 Å². The van der Waals surface area contributed by atoms with Crippen molar-refractivity contribution in [1.82, 2.24) is 4.90 Å². The third kappa shape index (κ3) is 11.8. The summed E-state index contributed by atoms with van der Waals surface area (Å²) in [6, 6.07) is 15.6. The molecule has 1 heterocycles. The Hall–Kier alpha value is -2.86. The summed E-state index contributed by atoms with van der Waals surface area (Å²) in [6.45, 7) is 7.41. The summed E-state index contributed by atoms with van der Waals surface area (Å²) in [4.78, 5) is 16.5. The number of carbonyl (C=O) groups excluding carboxylic acids is 1. The lowest BCUT2D eigenvalue weighted by Crippen LogP contribution is -2.52. The van der Waals surface area contributed by atoms with E-state index >= 15 is 0 Å². The lowest BCUT2D eigenvalue weighted by Gasteiger charge is -2.40. The number of anilines is 1. The number of carbonyl (C=O) groups is 1. The second-order valence-corrected chi connectivity index (χ2v) is 8.95. The molecule has 0 N–H and O–H groups in total. The molecule has 39 heavy (non-hydrogen) atoms. The smallest absolute Gasteiger partial charge is 0.466 e. The van der Waals surface area contributed by atoms with Crippen molar-refractivity contribution < 1.29 is 41.7 Å². The van der Waals surface area contributed by atoms with E-state index in [1.165, 1.54) is 12.1 Å². The van der Waals surface area contributed by atoms with Crippen LogP contribution in [0.3, 0.4) is 0 Å². The molecular weight excluding hydrogens is 517 g/mol. The molecule has 2 aromatic carbocycles. The van der Waals surface area contributed by atoms with Gasteiger partial charge < -0.3 is 28.6 Å². The van der Waals surface area contributed by atoms with E-state index in [0.29, 0.717) is 72.4 Å². The van der Waals surface area contributed by atoms with Crippen molar-refractivity contribution in [3.63, 3.8) is 0 Å². The normalized spacial score (nSPS) is 15.2. The third-order valence-electron chi connectivity index (χ3n) is 6.14. The number of ether oxygens (including phenoxy) is 5. The number of rotatable bonds is 16. The van der Waals surface area contributed by atoms with Gasteiger partial charge in [-0.15, -0.1) is 13.2 Å². The fourth-order valence-corrected chi connectivity index (χ4v) is 4.23. The molecule has 11 heteroatoms. The topological polar surface area (TPSA) is 69.7 Å². The number of piperazine rings is 1. The Kier molecular flexibility index (Phi) is 12.8. The molecule has 2 aromatic rings. The van der Waals surface area contributed by atoms with Gasteiger partial charge in [0.15, 0.2) is 0 Å². The Labute approximate surface area is 227 Å². The van der Waals surface area contributed by atoms with Crippen LogP contribution in [0, 0.1) is 0 Å². The van der Waals surface area contributed by atoms with E-state index in [-0.39, 0.29) is 24.2 Å². The number of alkyl halides is 3. The van der Waals surface area contributed by atoms with Crippen LogP contribution < -0.4 is 9.64 Å². The van der Waals surface area contributed by atoms with Crippen LogP contribution in [-0.4, -0.2) is 89.1 Å². The van der Waals surface area contributed by atoms with E-state index in [1.54, 1.807) is 19.1 Å². The van der Waals surface area contributed by atoms with Gasteiger partial charge in [0, 0.05) is 37.9 Å². The molecule has 1 saturated heterocycles. The van der Waals surface area contributed by atoms with E-state index in [9.17, 15) is 18.0 Å². The summed E-state index contributed by atoms with van der Waals surface area (Å²) >= 11 is 0. The molecule has 0 aliphatic carbocycles.